The number of rotatable bonds is 5. The number of nitrogens with two attached hydrogens (primary N) is 1. The first-order chi connectivity index (χ1) is 10.8. The van der Waals surface area contributed by atoms with E-state index in [1.165, 1.54) is 6.92 Å². The number of hydrogen-bond donors (Lipinski definition) is 3. The fourth-order valence-electron chi connectivity index (χ4n) is 2.42. The molecule has 2 rings (SSSR count). The summed E-state index contributed by atoms with van der Waals surface area (Å²) in [6.45, 7) is 2.78. The number of halogens is 1. The summed E-state index contributed by atoms with van der Waals surface area (Å²) < 4.78 is 6.15. The number of amides is 3. The maximum absolute atomic E-state index is 12.0. The van der Waals surface area contributed by atoms with Gasteiger partial charge in [-0.3, -0.25) is 9.59 Å². The highest BCUT2D eigenvalue weighted by atomic mass is 79.9. The van der Waals surface area contributed by atoms with E-state index in [2.05, 4.69) is 26.6 Å². The number of hydrogen-bond acceptors (Lipinski definition) is 4. The molecule has 1 aromatic rings. The lowest BCUT2D eigenvalue weighted by Crippen LogP contribution is -2.44. The molecule has 7 nitrogen and oxygen atoms in total. The van der Waals surface area contributed by atoms with Crippen LogP contribution in [-0.4, -0.2) is 24.3 Å². The second kappa shape index (κ2) is 6.82. The van der Waals surface area contributed by atoms with Gasteiger partial charge in [-0.15, -0.1) is 0 Å². The quantitative estimate of drug-likeness (QED) is 0.717. The lowest BCUT2D eigenvalue weighted by Gasteiger charge is -2.29. The number of nitrogens with one attached hydrogen (secondary N) is 2. The first-order valence-electron chi connectivity index (χ1n) is 6.79. The Hall–Kier alpha value is -2.35. The Bertz CT molecular complexity index is 715. The second-order valence-electron chi connectivity index (χ2n) is 5.06. The number of ketones is 1. The summed E-state index contributed by atoms with van der Waals surface area (Å²) in [5.74, 6) is -0.432. The smallest absolute Gasteiger partial charge is 0.319 e. The molecule has 0 bridgehead atoms. The van der Waals surface area contributed by atoms with Gasteiger partial charge in [0.1, 0.15) is 5.75 Å². The standard InChI is InChI=1S/C15H16BrN3O4/c1-7-13(8(2)20)14(19-15(22)18-7)10-5-9(16)3-4-11(10)23-6-12(17)21/h3-5,14H,6H2,1-2H3,(H2,17,21)(H2,18,19,22)/t14-/m0/s1. The van der Waals surface area contributed by atoms with E-state index in [0.717, 1.165) is 4.47 Å². The summed E-state index contributed by atoms with van der Waals surface area (Å²) in [4.78, 5) is 34.7. The van der Waals surface area contributed by atoms with E-state index < -0.39 is 18.0 Å². The largest absolute Gasteiger partial charge is 0.483 e. The number of primary amides is 1. The summed E-state index contributed by atoms with van der Waals surface area (Å²) >= 11 is 3.35. The van der Waals surface area contributed by atoms with Crippen LogP contribution in [0.25, 0.3) is 0 Å². The molecular weight excluding hydrogens is 366 g/mol. The zero-order valence-electron chi connectivity index (χ0n) is 12.6. The number of allylic oxidation sites excluding steroid dienone is 1. The van der Waals surface area contributed by atoms with Crippen molar-refractivity contribution in [1.29, 1.82) is 0 Å². The average Bonchev–Trinajstić information content (AvgIpc) is 2.44. The monoisotopic (exact) mass is 381 g/mol. The van der Waals surface area contributed by atoms with Gasteiger partial charge in [0.05, 0.1) is 6.04 Å². The third kappa shape index (κ3) is 3.89. The van der Waals surface area contributed by atoms with Gasteiger partial charge in [0.2, 0.25) is 0 Å². The van der Waals surface area contributed by atoms with Crippen molar-refractivity contribution < 1.29 is 19.1 Å². The van der Waals surface area contributed by atoms with E-state index in [0.29, 0.717) is 22.6 Å². The van der Waals surface area contributed by atoms with Gasteiger partial charge in [0, 0.05) is 21.3 Å². The summed E-state index contributed by atoms with van der Waals surface area (Å²) in [5, 5.41) is 5.28. The van der Waals surface area contributed by atoms with Gasteiger partial charge >= 0.3 is 6.03 Å². The molecule has 0 spiro atoms. The van der Waals surface area contributed by atoms with Crippen LogP contribution in [0, 0.1) is 0 Å². The van der Waals surface area contributed by atoms with E-state index >= 15 is 0 Å². The van der Waals surface area contributed by atoms with Crippen molar-refractivity contribution in [2.75, 3.05) is 6.61 Å². The second-order valence-corrected chi connectivity index (χ2v) is 5.98. The van der Waals surface area contributed by atoms with Crippen molar-refractivity contribution in [2.45, 2.75) is 19.9 Å². The highest BCUT2D eigenvalue weighted by Gasteiger charge is 2.31. The van der Waals surface area contributed by atoms with Crippen LogP contribution in [0.1, 0.15) is 25.5 Å². The molecule has 4 N–H and O–H groups in total. The topological polar surface area (TPSA) is 111 Å². The first kappa shape index (κ1) is 17.0. The van der Waals surface area contributed by atoms with Crippen molar-refractivity contribution >= 4 is 33.7 Å². The van der Waals surface area contributed by atoms with Crippen LogP contribution < -0.4 is 21.1 Å². The summed E-state index contributed by atoms with van der Waals surface area (Å²) in [6, 6.07) is 4.00. The highest BCUT2D eigenvalue weighted by Crippen LogP contribution is 2.35. The van der Waals surface area contributed by atoms with Crippen molar-refractivity contribution in [3.05, 3.63) is 39.5 Å². The molecule has 0 unspecified atom stereocenters. The Kier molecular flexibility index (Phi) is 5.05. The number of carbonyl (C=O) groups is 3. The van der Waals surface area contributed by atoms with Crippen molar-refractivity contribution in [3.8, 4) is 5.75 Å². The van der Waals surface area contributed by atoms with Crippen molar-refractivity contribution in [1.82, 2.24) is 10.6 Å². The van der Waals surface area contributed by atoms with Gasteiger partial charge in [-0.05, 0) is 32.0 Å². The third-order valence-corrected chi connectivity index (χ3v) is 3.79. The average molecular weight is 382 g/mol. The van der Waals surface area contributed by atoms with Crippen LogP contribution in [0.15, 0.2) is 33.9 Å². The Balaban J connectivity index is 2.51. The zero-order valence-corrected chi connectivity index (χ0v) is 14.2. The van der Waals surface area contributed by atoms with Crippen LogP contribution in [0.2, 0.25) is 0 Å². The molecule has 1 aliphatic heterocycles. The number of Topliss-reactive ketones (excluding diaryl/α,β-unsaturated/α-hetero) is 1. The van der Waals surface area contributed by atoms with Crippen LogP contribution in [-0.2, 0) is 9.59 Å². The number of benzene rings is 1. The molecule has 0 aliphatic carbocycles. The molecule has 1 aliphatic rings. The molecule has 23 heavy (non-hydrogen) atoms. The van der Waals surface area contributed by atoms with Crippen LogP contribution >= 0.6 is 15.9 Å². The molecule has 0 saturated carbocycles. The van der Waals surface area contributed by atoms with Gasteiger partial charge < -0.3 is 21.1 Å². The van der Waals surface area contributed by atoms with E-state index in [1.807, 2.05) is 0 Å². The SMILES string of the molecule is CC(=O)C1=C(C)NC(=O)N[C@H]1c1cc(Br)ccc1OCC(N)=O. The lowest BCUT2D eigenvalue weighted by atomic mass is 9.92. The molecule has 1 aromatic carbocycles. The maximum atomic E-state index is 12.0. The van der Waals surface area contributed by atoms with E-state index in [1.54, 1.807) is 25.1 Å². The Labute approximate surface area is 141 Å². The zero-order chi connectivity index (χ0) is 17.1. The molecule has 1 atom stereocenters. The van der Waals surface area contributed by atoms with Crippen molar-refractivity contribution in [2.24, 2.45) is 5.73 Å². The minimum atomic E-state index is -0.679. The van der Waals surface area contributed by atoms with Gasteiger partial charge in [0.15, 0.2) is 12.4 Å². The Morgan fingerprint density at radius 2 is 2.09 bits per heavy atom. The third-order valence-electron chi connectivity index (χ3n) is 3.30. The van der Waals surface area contributed by atoms with E-state index in [9.17, 15) is 14.4 Å². The molecule has 0 aromatic heterocycles. The van der Waals surface area contributed by atoms with Crippen LogP contribution in [0.3, 0.4) is 0 Å². The van der Waals surface area contributed by atoms with E-state index in [4.69, 9.17) is 10.5 Å². The Morgan fingerprint density at radius 3 is 2.70 bits per heavy atom. The maximum Gasteiger partial charge on any atom is 0.319 e. The minimum absolute atomic E-state index is 0.180. The van der Waals surface area contributed by atoms with E-state index in [-0.39, 0.29) is 12.4 Å². The minimum Gasteiger partial charge on any atom is -0.483 e. The predicted octanol–water partition coefficient (Wildman–Crippen LogP) is 1.53. The predicted molar refractivity (Wildman–Crippen MR) is 86.6 cm³/mol. The van der Waals surface area contributed by atoms with Gasteiger partial charge in [-0.2, -0.15) is 0 Å². The molecule has 8 heteroatoms. The molecule has 0 fully saturated rings. The Morgan fingerprint density at radius 1 is 1.39 bits per heavy atom. The summed E-state index contributed by atoms with van der Waals surface area (Å²) in [6.07, 6.45) is 0. The fraction of sp³-hybridized carbons (Fsp3) is 0.267. The molecule has 3 amide bonds. The molecule has 122 valence electrons. The van der Waals surface area contributed by atoms with Gasteiger partial charge in [-0.25, -0.2) is 4.79 Å². The number of ether oxygens (including phenoxy) is 1. The van der Waals surface area contributed by atoms with Crippen molar-refractivity contribution in [3.63, 3.8) is 0 Å². The first-order valence-corrected chi connectivity index (χ1v) is 7.58. The summed E-state index contributed by atoms with van der Waals surface area (Å²) in [7, 11) is 0. The van der Waals surface area contributed by atoms with Crippen LogP contribution in [0.4, 0.5) is 4.79 Å². The molecule has 0 saturated heterocycles. The normalized spacial score (nSPS) is 17.3. The fourth-order valence-corrected chi connectivity index (χ4v) is 2.80. The van der Waals surface area contributed by atoms with Crippen LogP contribution in [0.5, 0.6) is 5.75 Å². The molecule has 1 heterocycles. The number of carbonyl (C=O) groups excluding carboxylic acids is 3. The lowest BCUT2D eigenvalue weighted by molar-refractivity contribution is -0.120. The number of urea groups is 1. The molecule has 0 radical (unpaired) electrons. The highest BCUT2D eigenvalue weighted by molar-refractivity contribution is 9.10. The molecular formula is C15H16BrN3O4. The van der Waals surface area contributed by atoms with Gasteiger partial charge in [-0.1, -0.05) is 15.9 Å². The summed E-state index contributed by atoms with van der Waals surface area (Å²) in [5.41, 5.74) is 6.56. The van der Waals surface area contributed by atoms with Gasteiger partial charge in [0.25, 0.3) is 5.91 Å².